The van der Waals surface area contributed by atoms with Crippen molar-refractivity contribution in [1.29, 1.82) is 0 Å². The van der Waals surface area contributed by atoms with Crippen LogP contribution in [0.25, 0.3) is 5.69 Å². The summed E-state index contributed by atoms with van der Waals surface area (Å²) in [6, 6.07) is 14.8. The molecule has 0 aliphatic rings. The van der Waals surface area contributed by atoms with Crippen molar-refractivity contribution in [2.24, 2.45) is 0 Å². The van der Waals surface area contributed by atoms with Crippen LogP contribution in [0.4, 0.5) is 5.82 Å². The molecule has 0 saturated carbocycles. The SMILES string of the molecule is O=C(Nc1ccn(-c2ccccc2)n1)c1ccc(Cn2cc(Br)cn2)o1. The van der Waals surface area contributed by atoms with E-state index in [9.17, 15) is 4.79 Å². The van der Waals surface area contributed by atoms with Gasteiger partial charge in [0.1, 0.15) is 5.76 Å². The molecule has 0 radical (unpaired) electrons. The van der Waals surface area contributed by atoms with Crippen LogP contribution in [0, 0.1) is 0 Å². The number of rotatable bonds is 5. The Labute approximate surface area is 157 Å². The van der Waals surface area contributed by atoms with Gasteiger partial charge in [0, 0.05) is 18.5 Å². The van der Waals surface area contributed by atoms with Crippen LogP contribution < -0.4 is 5.32 Å². The Hall–Kier alpha value is -3.13. The molecule has 0 atom stereocenters. The van der Waals surface area contributed by atoms with Gasteiger partial charge in [-0.15, -0.1) is 0 Å². The van der Waals surface area contributed by atoms with Gasteiger partial charge in [-0.2, -0.15) is 10.2 Å². The van der Waals surface area contributed by atoms with Crippen LogP contribution in [-0.4, -0.2) is 25.5 Å². The van der Waals surface area contributed by atoms with Crippen molar-refractivity contribution in [3.63, 3.8) is 0 Å². The average Bonchev–Trinajstić information content (AvgIpc) is 3.38. The zero-order chi connectivity index (χ0) is 17.9. The molecule has 3 heterocycles. The van der Waals surface area contributed by atoms with E-state index in [0.717, 1.165) is 10.2 Å². The number of hydrogen-bond acceptors (Lipinski definition) is 4. The Bertz CT molecular complexity index is 1030. The van der Waals surface area contributed by atoms with E-state index in [4.69, 9.17) is 4.42 Å². The number of hydrogen-bond donors (Lipinski definition) is 1. The first-order valence-corrected chi connectivity index (χ1v) is 8.66. The van der Waals surface area contributed by atoms with E-state index >= 15 is 0 Å². The van der Waals surface area contributed by atoms with Crippen LogP contribution in [0.2, 0.25) is 0 Å². The third kappa shape index (κ3) is 3.60. The predicted molar refractivity (Wildman–Crippen MR) is 99.3 cm³/mol. The molecule has 0 aliphatic heterocycles. The van der Waals surface area contributed by atoms with Crippen molar-refractivity contribution in [2.45, 2.75) is 6.54 Å². The Morgan fingerprint density at radius 3 is 2.77 bits per heavy atom. The lowest BCUT2D eigenvalue weighted by Crippen LogP contribution is -2.11. The maximum absolute atomic E-state index is 12.3. The van der Waals surface area contributed by atoms with Crippen LogP contribution in [-0.2, 0) is 6.54 Å². The number of furan rings is 1. The normalized spacial score (nSPS) is 10.8. The number of anilines is 1. The highest BCUT2D eigenvalue weighted by Crippen LogP contribution is 2.15. The molecule has 4 aromatic rings. The van der Waals surface area contributed by atoms with E-state index < -0.39 is 0 Å². The first kappa shape index (κ1) is 16.3. The molecule has 0 bridgehead atoms. The van der Waals surface area contributed by atoms with Gasteiger partial charge in [-0.1, -0.05) is 18.2 Å². The smallest absolute Gasteiger partial charge is 0.292 e. The molecule has 7 nitrogen and oxygen atoms in total. The Balaban J connectivity index is 1.43. The zero-order valence-electron chi connectivity index (χ0n) is 13.5. The minimum atomic E-state index is -0.351. The fourth-order valence-corrected chi connectivity index (χ4v) is 2.79. The number of nitrogens with zero attached hydrogens (tertiary/aromatic N) is 4. The van der Waals surface area contributed by atoms with Crippen LogP contribution in [0.5, 0.6) is 0 Å². The summed E-state index contributed by atoms with van der Waals surface area (Å²) < 4.78 is 9.89. The highest BCUT2D eigenvalue weighted by atomic mass is 79.9. The third-order valence-corrected chi connectivity index (χ3v) is 4.07. The van der Waals surface area contributed by atoms with Crippen molar-refractivity contribution in [1.82, 2.24) is 19.6 Å². The Morgan fingerprint density at radius 1 is 1.15 bits per heavy atom. The highest BCUT2D eigenvalue weighted by molar-refractivity contribution is 9.10. The summed E-state index contributed by atoms with van der Waals surface area (Å²) in [5.41, 5.74) is 0.915. The van der Waals surface area contributed by atoms with Crippen molar-refractivity contribution in [2.75, 3.05) is 5.32 Å². The monoisotopic (exact) mass is 411 g/mol. The molecule has 3 aromatic heterocycles. The van der Waals surface area contributed by atoms with Crippen molar-refractivity contribution in [3.05, 3.63) is 83.1 Å². The number of benzene rings is 1. The van der Waals surface area contributed by atoms with Gasteiger partial charge in [0.05, 0.1) is 22.9 Å². The molecule has 0 spiro atoms. The van der Waals surface area contributed by atoms with Crippen molar-refractivity contribution < 1.29 is 9.21 Å². The van der Waals surface area contributed by atoms with Gasteiger partial charge in [-0.3, -0.25) is 9.48 Å². The molecule has 0 unspecified atom stereocenters. The number of amides is 1. The van der Waals surface area contributed by atoms with Gasteiger partial charge in [-0.25, -0.2) is 4.68 Å². The Kier molecular flexibility index (Phi) is 4.40. The summed E-state index contributed by atoms with van der Waals surface area (Å²) in [6.07, 6.45) is 5.31. The maximum Gasteiger partial charge on any atom is 0.292 e. The molecule has 0 fully saturated rings. The largest absolute Gasteiger partial charge is 0.454 e. The second kappa shape index (κ2) is 7.01. The summed E-state index contributed by atoms with van der Waals surface area (Å²) in [6.45, 7) is 0.446. The first-order valence-electron chi connectivity index (χ1n) is 7.86. The third-order valence-electron chi connectivity index (χ3n) is 3.66. The summed E-state index contributed by atoms with van der Waals surface area (Å²) in [7, 11) is 0. The van der Waals surface area contributed by atoms with Gasteiger partial charge in [0.25, 0.3) is 5.91 Å². The molecular formula is C18H14BrN5O2. The number of nitrogens with one attached hydrogen (secondary N) is 1. The maximum atomic E-state index is 12.3. The topological polar surface area (TPSA) is 77.9 Å². The molecule has 1 N–H and O–H groups in total. The molecular weight excluding hydrogens is 398 g/mol. The van der Waals surface area contributed by atoms with Gasteiger partial charge >= 0.3 is 0 Å². The molecule has 0 aliphatic carbocycles. The lowest BCUT2D eigenvalue weighted by molar-refractivity contribution is 0.0994. The molecule has 26 heavy (non-hydrogen) atoms. The van der Waals surface area contributed by atoms with Crippen LogP contribution >= 0.6 is 15.9 Å². The minimum Gasteiger partial charge on any atom is -0.454 e. The van der Waals surface area contributed by atoms with Crippen LogP contribution in [0.15, 0.2) is 76.0 Å². The van der Waals surface area contributed by atoms with Crippen LogP contribution in [0.3, 0.4) is 0 Å². The number of halogens is 1. The van der Waals surface area contributed by atoms with E-state index in [1.54, 1.807) is 40.0 Å². The summed E-state index contributed by atoms with van der Waals surface area (Å²) >= 11 is 3.34. The lowest BCUT2D eigenvalue weighted by atomic mass is 10.3. The van der Waals surface area contributed by atoms with E-state index in [-0.39, 0.29) is 11.7 Å². The average molecular weight is 412 g/mol. The van der Waals surface area contributed by atoms with Gasteiger partial charge < -0.3 is 9.73 Å². The van der Waals surface area contributed by atoms with Gasteiger partial charge in [-0.05, 0) is 40.2 Å². The fraction of sp³-hybridized carbons (Fsp3) is 0.0556. The zero-order valence-corrected chi connectivity index (χ0v) is 15.1. The molecule has 1 aromatic carbocycles. The first-order chi connectivity index (χ1) is 12.7. The summed E-state index contributed by atoms with van der Waals surface area (Å²) in [4.78, 5) is 12.3. The van der Waals surface area contributed by atoms with Crippen molar-refractivity contribution in [3.8, 4) is 5.69 Å². The summed E-state index contributed by atoms with van der Waals surface area (Å²) in [5.74, 6) is 0.963. The molecule has 1 amide bonds. The Morgan fingerprint density at radius 2 is 2.00 bits per heavy atom. The van der Waals surface area contributed by atoms with Crippen molar-refractivity contribution >= 4 is 27.7 Å². The van der Waals surface area contributed by atoms with E-state index in [0.29, 0.717) is 18.1 Å². The predicted octanol–water partition coefficient (Wildman–Crippen LogP) is 3.72. The van der Waals surface area contributed by atoms with E-state index in [1.807, 2.05) is 36.5 Å². The van der Waals surface area contributed by atoms with Gasteiger partial charge in [0.2, 0.25) is 0 Å². The number of carbonyl (C=O) groups excluding carboxylic acids is 1. The number of aromatic nitrogens is 4. The molecule has 8 heteroatoms. The molecule has 4 rings (SSSR count). The van der Waals surface area contributed by atoms with E-state index in [1.165, 1.54) is 0 Å². The standard InChI is InChI=1S/C18H14BrN5O2/c19-13-10-20-23(11-13)12-15-6-7-16(26-15)18(25)21-17-8-9-24(22-17)14-4-2-1-3-5-14/h1-11H,12H2,(H,21,22,25). The fourth-order valence-electron chi connectivity index (χ4n) is 2.46. The number of para-hydroxylation sites is 1. The number of carbonyl (C=O) groups is 1. The van der Waals surface area contributed by atoms with Gasteiger partial charge in [0.15, 0.2) is 11.6 Å². The molecule has 130 valence electrons. The highest BCUT2D eigenvalue weighted by Gasteiger charge is 2.13. The quantitative estimate of drug-likeness (QED) is 0.542. The minimum absolute atomic E-state index is 0.223. The second-order valence-electron chi connectivity index (χ2n) is 5.56. The lowest BCUT2D eigenvalue weighted by Gasteiger charge is -2.01. The van der Waals surface area contributed by atoms with Crippen LogP contribution in [0.1, 0.15) is 16.3 Å². The second-order valence-corrected chi connectivity index (χ2v) is 6.47. The van der Waals surface area contributed by atoms with E-state index in [2.05, 4.69) is 31.4 Å². The summed E-state index contributed by atoms with van der Waals surface area (Å²) in [5, 5.41) is 11.2. The molecule has 0 saturated heterocycles.